The largest absolute Gasteiger partial charge is 0.497 e. The number of methoxy groups -OCH3 is 1. The van der Waals surface area contributed by atoms with Crippen LogP contribution in [0.15, 0.2) is 24.3 Å². The summed E-state index contributed by atoms with van der Waals surface area (Å²) in [6.45, 7) is 6.36. The van der Waals surface area contributed by atoms with E-state index in [-0.39, 0.29) is 0 Å². The fourth-order valence-corrected chi connectivity index (χ4v) is 3.21. The lowest BCUT2D eigenvalue weighted by Gasteiger charge is -2.30. The quantitative estimate of drug-likeness (QED) is 0.750. The van der Waals surface area contributed by atoms with Crippen molar-refractivity contribution in [2.75, 3.05) is 27.3 Å². The Kier molecular flexibility index (Phi) is 6.71. The van der Waals surface area contributed by atoms with E-state index >= 15 is 0 Å². The Morgan fingerprint density at radius 3 is 2.50 bits per heavy atom. The maximum Gasteiger partial charge on any atom is 0.118 e. The smallest absolute Gasteiger partial charge is 0.118 e. The Balaban J connectivity index is 1.76. The van der Waals surface area contributed by atoms with Gasteiger partial charge < -0.3 is 9.47 Å². The normalized spacial score (nSPS) is 23.5. The molecular weight excluding hydrogens is 274 g/mol. The number of benzene rings is 1. The first-order valence-electron chi connectivity index (χ1n) is 8.57. The van der Waals surface area contributed by atoms with Crippen LogP contribution in [-0.2, 0) is 4.74 Å². The SMILES string of the molecule is COc1ccc([C@H](C)N(C)CCO[C@H]2CCCC[C@@H]2C)cc1. The first-order chi connectivity index (χ1) is 10.6. The molecule has 3 atom stereocenters. The van der Waals surface area contributed by atoms with Crippen molar-refractivity contribution < 1.29 is 9.47 Å². The molecule has 0 aliphatic heterocycles. The van der Waals surface area contributed by atoms with Crippen molar-refractivity contribution in [3.8, 4) is 5.75 Å². The molecule has 0 N–H and O–H groups in total. The van der Waals surface area contributed by atoms with Crippen LogP contribution in [-0.4, -0.2) is 38.3 Å². The van der Waals surface area contributed by atoms with Crippen LogP contribution in [0.5, 0.6) is 5.75 Å². The van der Waals surface area contributed by atoms with Crippen molar-refractivity contribution in [1.29, 1.82) is 0 Å². The van der Waals surface area contributed by atoms with Crippen LogP contribution in [0, 0.1) is 5.92 Å². The van der Waals surface area contributed by atoms with E-state index in [0.717, 1.165) is 24.8 Å². The molecule has 22 heavy (non-hydrogen) atoms. The lowest BCUT2D eigenvalue weighted by atomic mass is 9.88. The third-order valence-electron chi connectivity index (χ3n) is 5.07. The Labute approximate surface area is 135 Å². The van der Waals surface area contributed by atoms with E-state index in [0.29, 0.717) is 12.1 Å². The lowest BCUT2D eigenvalue weighted by molar-refractivity contribution is -0.0145. The fraction of sp³-hybridized carbons (Fsp3) is 0.684. The molecule has 0 radical (unpaired) electrons. The molecule has 0 saturated heterocycles. The first-order valence-corrected chi connectivity index (χ1v) is 8.57. The summed E-state index contributed by atoms with van der Waals surface area (Å²) >= 11 is 0. The van der Waals surface area contributed by atoms with Gasteiger partial charge >= 0.3 is 0 Å². The molecule has 0 amide bonds. The van der Waals surface area contributed by atoms with Gasteiger partial charge in [-0.2, -0.15) is 0 Å². The summed E-state index contributed by atoms with van der Waals surface area (Å²) in [7, 11) is 3.87. The second kappa shape index (κ2) is 8.54. The molecule has 124 valence electrons. The predicted octanol–water partition coefficient (Wildman–Crippen LogP) is 4.28. The third kappa shape index (κ3) is 4.72. The van der Waals surface area contributed by atoms with Gasteiger partial charge in [0, 0.05) is 12.6 Å². The second-order valence-electron chi connectivity index (χ2n) is 6.60. The number of ether oxygens (including phenoxy) is 2. The molecule has 3 nitrogen and oxygen atoms in total. The van der Waals surface area contributed by atoms with Gasteiger partial charge in [0.15, 0.2) is 0 Å². The van der Waals surface area contributed by atoms with Crippen LogP contribution < -0.4 is 4.74 Å². The van der Waals surface area contributed by atoms with Gasteiger partial charge in [-0.15, -0.1) is 0 Å². The number of hydrogen-bond donors (Lipinski definition) is 0. The molecule has 1 aliphatic carbocycles. The standard InChI is InChI=1S/C19H31NO2/c1-15-7-5-6-8-19(15)22-14-13-20(3)16(2)17-9-11-18(21-4)12-10-17/h9-12,15-16,19H,5-8,13-14H2,1-4H3/t15-,16-,19-/m0/s1. The Morgan fingerprint density at radius 1 is 1.18 bits per heavy atom. The highest BCUT2D eigenvalue weighted by Gasteiger charge is 2.22. The molecule has 1 aromatic carbocycles. The van der Waals surface area contributed by atoms with Crippen LogP contribution in [0.3, 0.4) is 0 Å². The molecule has 3 heteroatoms. The van der Waals surface area contributed by atoms with E-state index in [9.17, 15) is 0 Å². The average Bonchev–Trinajstić information content (AvgIpc) is 2.56. The zero-order valence-electron chi connectivity index (χ0n) is 14.5. The van der Waals surface area contributed by atoms with Gasteiger partial charge in [0.25, 0.3) is 0 Å². The Hall–Kier alpha value is -1.06. The van der Waals surface area contributed by atoms with Gasteiger partial charge in [-0.05, 0) is 50.4 Å². The van der Waals surface area contributed by atoms with Crippen LogP contribution in [0.2, 0.25) is 0 Å². The molecule has 1 fully saturated rings. The summed E-state index contributed by atoms with van der Waals surface area (Å²) in [6, 6.07) is 8.73. The van der Waals surface area contributed by atoms with Gasteiger partial charge in [0.05, 0.1) is 19.8 Å². The Morgan fingerprint density at radius 2 is 1.86 bits per heavy atom. The summed E-state index contributed by atoms with van der Waals surface area (Å²) in [4.78, 5) is 2.36. The van der Waals surface area contributed by atoms with Crippen LogP contribution in [0.1, 0.15) is 51.1 Å². The van der Waals surface area contributed by atoms with E-state index in [4.69, 9.17) is 9.47 Å². The first kappa shape index (κ1) is 17.3. The van der Waals surface area contributed by atoms with Crippen molar-refractivity contribution in [1.82, 2.24) is 4.90 Å². The molecular formula is C19H31NO2. The van der Waals surface area contributed by atoms with Crippen LogP contribution >= 0.6 is 0 Å². The van der Waals surface area contributed by atoms with Crippen LogP contribution in [0.25, 0.3) is 0 Å². The second-order valence-corrected chi connectivity index (χ2v) is 6.60. The minimum atomic E-state index is 0.387. The van der Waals surface area contributed by atoms with Crippen molar-refractivity contribution in [2.24, 2.45) is 5.92 Å². The van der Waals surface area contributed by atoms with E-state index in [1.54, 1.807) is 7.11 Å². The van der Waals surface area contributed by atoms with Crippen molar-refractivity contribution >= 4 is 0 Å². The van der Waals surface area contributed by atoms with E-state index in [1.165, 1.54) is 31.2 Å². The zero-order chi connectivity index (χ0) is 15.9. The number of likely N-dealkylation sites (N-methyl/N-ethyl adjacent to an activating group) is 1. The molecule has 2 rings (SSSR count). The van der Waals surface area contributed by atoms with E-state index in [1.807, 2.05) is 12.1 Å². The molecule has 1 aromatic rings. The van der Waals surface area contributed by atoms with Gasteiger partial charge in [-0.3, -0.25) is 4.90 Å². The van der Waals surface area contributed by atoms with Crippen molar-refractivity contribution in [3.05, 3.63) is 29.8 Å². The monoisotopic (exact) mass is 305 g/mol. The van der Waals surface area contributed by atoms with Gasteiger partial charge in [0.2, 0.25) is 0 Å². The molecule has 1 saturated carbocycles. The Bertz CT molecular complexity index is 432. The fourth-order valence-electron chi connectivity index (χ4n) is 3.21. The number of rotatable bonds is 7. The van der Waals surface area contributed by atoms with Crippen molar-refractivity contribution in [3.63, 3.8) is 0 Å². The summed E-state index contributed by atoms with van der Waals surface area (Å²) in [5, 5.41) is 0. The lowest BCUT2D eigenvalue weighted by Crippen LogP contribution is -2.31. The van der Waals surface area contributed by atoms with Crippen LogP contribution in [0.4, 0.5) is 0 Å². The molecule has 0 bridgehead atoms. The molecule has 0 heterocycles. The number of nitrogens with zero attached hydrogens (tertiary/aromatic N) is 1. The maximum atomic E-state index is 6.13. The minimum absolute atomic E-state index is 0.387. The van der Waals surface area contributed by atoms with Crippen molar-refractivity contribution in [2.45, 2.75) is 51.7 Å². The summed E-state index contributed by atoms with van der Waals surface area (Å²) in [5.41, 5.74) is 1.31. The highest BCUT2D eigenvalue weighted by molar-refractivity contribution is 5.28. The topological polar surface area (TPSA) is 21.7 Å². The van der Waals surface area contributed by atoms with Gasteiger partial charge in [0.1, 0.15) is 5.75 Å². The molecule has 0 unspecified atom stereocenters. The average molecular weight is 305 g/mol. The molecule has 0 aromatic heterocycles. The third-order valence-corrected chi connectivity index (χ3v) is 5.07. The zero-order valence-corrected chi connectivity index (χ0v) is 14.5. The maximum absolute atomic E-state index is 6.13. The molecule has 0 spiro atoms. The van der Waals surface area contributed by atoms with Gasteiger partial charge in [-0.1, -0.05) is 31.9 Å². The summed E-state index contributed by atoms with van der Waals surface area (Å²) < 4.78 is 11.3. The van der Waals surface area contributed by atoms with Gasteiger partial charge in [-0.25, -0.2) is 0 Å². The summed E-state index contributed by atoms with van der Waals surface area (Å²) in [5.74, 6) is 1.63. The molecule has 1 aliphatic rings. The predicted molar refractivity (Wildman–Crippen MR) is 91.4 cm³/mol. The number of hydrogen-bond acceptors (Lipinski definition) is 3. The van der Waals surface area contributed by atoms with E-state index < -0.39 is 0 Å². The minimum Gasteiger partial charge on any atom is -0.497 e. The highest BCUT2D eigenvalue weighted by atomic mass is 16.5. The van der Waals surface area contributed by atoms with E-state index in [2.05, 4.69) is 37.9 Å². The highest BCUT2D eigenvalue weighted by Crippen LogP contribution is 2.26. The summed E-state index contributed by atoms with van der Waals surface area (Å²) in [6.07, 6.45) is 5.72.